The van der Waals surface area contributed by atoms with E-state index in [1.54, 1.807) is 6.92 Å². The first-order chi connectivity index (χ1) is 7.65. The molecular formula is C13H17NO2. The number of carbonyl (C=O) groups is 1. The van der Waals surface area contributed by atoms with Crippen LogP contribution in [0.3, 0.4) is 0 Å². The Bertz CT molecular complexity index is 359. The van der Waals surface area contributed by atoms with Crippen LogP contribution in [-0.4, -0.2) is 18.6 Å². The van der Waals surface area contributed by atoms with Crippen LogP contribution in [0.4, 0.5) is 5.69 Å². The van der Waals surface area contributed by atoms with Gasteiger partial charge >= 0.3 is 5.97 Å². The lowest BCUT2D eigenvalue weighted by atomic mass is 10.1. The lowest BCUT2D eigenvalue weighted by Gasteiger charge is -2.16. The zero-order chi connectivity index (χ0) is 12.0. The van der Waals surface area contributed by atoms with Crippen molar-refractivity contribution in [2.45, 2.75) is 19.9 Å². The van der Waals surface area contributed by atoms with E-state index >= 15 is 0 Å². The highest BCUT2D eigenvalue weighted by Crippen LogP contribution is 2.11. The number of carbonyl (C=O) groups excluding carboxylic acids is 1. The molecule has 0 saturated carbocycles. The molecule has 86 valence electrons. The fourth-order valence-corrected chi connectivity index (χ4v) is 1.27. The van der Waals surface area contributed by atoms with Gasteiger partial charge in [0.15, 0.2) is 0 Å². The molecule has 0 aromatic heterocycles. The number of ether oxygens (including phenoxy) is 1. The zero-order valence-electron chi connectivity index (χ0n) is 9.69. The van der Waals surface area contributed by atoms with Crippen LogP contribution in [0.2, 0.25) is 0 Å². The van der Waals surface area contributed by atoms with Gasteiger partial charge in [-0.15, -0.1) is 0 Å². The van der Waals surface area contributed by atoms with Crippen LogP contribution < -0.4 is 5.32 Å². The average Bonchev–Trinajstić information content (AvgIpc) is 2.29. The number of esters is 1. The van der Waals surface area contributed by atoms with Crippen molar-refractivity contribution in [1.29, 1.82) is 0 Å². The van der Waals surface area contributed by atoms with Crippen LogP contribution in [0.25, 0.3) is 0 Å². The Hall–Kier alpha value is -1.77. The van der Waals surface area contributed by atoms with Crippen molar-refractivity contribution in [3.63, 3.8) is 0 Å². The van der Waals surface area contributed by atoms with Gasteiger partial charge in [0.1, 0.15) is 0 Å². The van der Waals surface area contributed by atoms with Crippen molar-refractivity contribution in [3.05, 3.63) is 42.5 Å². The van der Waals surface area contributed by atoms with E-state index < -0.39 is 0 Å². The summed E-state index contributed by atoms with van der Waals surface area (Å²) in [6, 6.07) is 9.55. The molecule has 3 heteroatoms. The Morgan fingerprint density at radius 2 is 2.06 bits per heavy atom. The molecule has 0 aliphatic carbocycles. The van der Waals surface area contributed by atoms with Gasteiger partial charge in [-0.25, -0.2) is 4.79 Å². The highest BCUT2D eigenvalue weighted by Gasteiger charge is 2.15. The molecule has 0 amide bonds. The van der Waals surface area contributed by atoms with E-state index in [9.17, 15) is 4.79 Å². The summed E-state index contributed by atoms with van der Waals surface area (Å²) < 4.78 is 4.88. The van der Waals surface area contributed by atoms with E-state index in [0.29, 0.717) is 12.2 Å². The Morgan fingerprint density at radius 1 is 1.44 bits per heavy atom. The summed E-state index contributed by atoms with van der Waals surface area (Å²) in [6.45, 7) is 7.76. The molecule has 3 nitrogen and oxygen atoms in total. The minimum atomic E-state index is -0.349. The molecule has 0 unspecified atom stereocenters. The molecule has 0 saturated heterocycles. The van der Waals surface area contributed by atoms with Gasteiger partial charge in [-0.1, -0.05) is 24.8 Å². The Kier molecular flexibility index (Phi) is 4.58. The highest BCUT2D eigenvalue weighted by molar-refractivity contribution is 5.89. The zero-order valence-corrected chi connectivity index (χ0v) is 9.69. The van der Waals surface area contributed by atoms with Crippen LogP contribution in [0.1, 0.15) is 13.8 Å². The predicted molar refractivity (Wildman–Crippen MR) is 65.3 cm³/mol. The summed E-state index contributed by atoms with van der Waals surface area (Å²) in [5, 5.41) is 3.18. The second-order valence-corrected chi connectivity index (χ2v) is 3.48. The fourth-order valence-electron chi connectivity index (χ4n) is 1.27. The molecule has 0 aliphatic rings. The maximum atomic E-state index is 11.4. The summed E-state index contributed by atoms with van der Waals surface area (Å²) in [5.74, 6) is -0.349. The van der Waals surface area contributed by atoms with Gasteiger partial charge < -0.3 is 10.1 Å². The summed E-state index contributed by atoms with van der Waals surface area (Å²) >= 11 is 0. The molecule has 0 bridgehead atoms. The first-order valence-corrected chi connectivity index (χ1v) is 5.32. The molecule has 1 N–H and O–H groups in total. The third kappa shape index (κ3) is 3.42. The van der Waals surface area contributed by atoms with E-state index in [4.69, 9.17) is 4.74 Å². The Balaban J connectivity index is 2.55. The maximum absolute atomic E-state index is 11.4. The lowest BCUT2D eigenvalue weighted by Crippen LogP contribution is -2.24. The van der Waals surface area contributed by atoms with Crippen LogP contribution >= 0.6 is 0 Å². The molecule has 1 aromatic carbocycles. The quantitative estimate of drug-likeness (QED) is 0.611. The van der Waals surface area contributed by atoms with Crippen LogP contribution in [0, 0.1) is 0 Å². The van der Waals surface area contributed by atoms with Crippen molar-refractivity contribution in [2.24, 2.45) is 0 Å². The van der Waals surface area contributed by atoms with Gasteiger partial charge in [0.25, 0.3) is 0 Å². The number of hydrogen-bond acceptors (Lipinski definition) is 3. The molecular weight excluding hydrogens is 202 g/mol. The molecule has 0 heterocycles. The van der Waals surface area contributed by atoms with Crippen LogP contribution in [0.15, 0.2) is 42.5 Å². The maximum Gasteiger partial charge on any atom is 0.335 e. The summed E-state index contributed by atoms with van der Waals surface area (Å²) in [4.78, 5) is 11.4. The van der Waals surface area contributed by atoms with Crippen molar-refractivity contribution in [3.8, 4) is 0 Å². The molecule has 0 radical (unpaired) electrons. The topological polar surface area (TPSA) is 38.3 Å². The third-order valence-corrected chi connectivity index (χ3v) is 2.22. The smallest absolute Gasteiger partial charge is 0.335 e. The molecule has 1 rings (SSSR count). The number of hydrogen-bond donors (Lipinski definition) is 1. The van der Waals surface area contributed by atoms with E-state index in [1.165, 1.54) is 0 Å². The van der Waals surface area contributed by atoms with E-state index in [0.717, 1.165) is 5.69 Å². The predicted octanol–water partition coefficient (Wildman–Crippen LogP) is 2.61. The SMILES string of the molecule is C=C(C(=O)OCC)[C@H](C)Nc1ccccc1. The minimum Gasteiger partial charge on any atom is -0.463 e. The van der Waals surface area contributed by atoms with Crippen molar-refractivity contribution < 1.29 is 9.53 Å². The number of para-hydroxylation sites is 1. The number of benzene rings is 1. The van der Waals surface area contributed by atoms with E-state index in [2.05, 4.69) is 11.9 Å². The first-order valence-electron chi connectivity index (χ1n) is 5.32. The summed E-state index contributed by atoms with van der Waals surface area (Å²) in [5.41, 5.74) is 1.39. The third-order valence-electron chi connectivity index (χ3n) is 2.22. The fraction of sp³-hybridized carbons (Fsp3) is 0.308. The van der Waals surface area contributed by atoms with Gasteiger partial charge in [-0.05, 0) is 26.0 Å². The number of nitrogens with one attached hydrogen (secondary N) is 1. The van der Waals surface area contributed by atoms with Gasteiger partial charge in [-0.2, -0.15) is 0 Å². The van der Waals surface area contributed by atoms with E-state index in [1.807, 2.05) is 37.3 Å². The second-order valence-electron chi connectivity index (χ2n) is 3.48. The molecule has 0 fully saturated rings. The van der Waals surface area contributed by atoms with Crippen LogP contribution in [-0.2, 0) is 9.53 Å². The standard InChI is InChI=1S/C13H17NO2/c1-4-16-13(15)10(2)11(3)14-12-8-6-5-7-9-12/h5-9,11,14H,2,4H2,1,3H3/t11-/m0/s1. The van der Waals surface area contributed by atoms with Crippen molar-refractivity contribution in [2.75, 3.05) is 11.9 Å². The molecule has 1 aromatic rings. The Morgan fingerprint density at radius 3 is 2.62 bits per heavy atom. The summed E-state index contributed by atoms with van der Waals surface area (Å²) in [6.07, 6.45) is 0. The average molecular weight is 219 g/mol. The van der Waals surface area contributed by atoms with E-state index in [-0.39, 0.29) is 12.0 Å². The first kappa shape index (κ1) is 12.3. The highest BCUT2D eigenvalue weighted by atomic mass is 16.5. The lowest BCUT2D eigenvalue weighted by molar-refractivity contribution is -0.138. The molecule has 1 atom stereocenters. The van der Waals surface area contributed by atoms with Gasteiger partial charge in [0, 0.05) is 5.69 Å². The van der Waals surface area contributed by atoms with Gasteiger partial charge in [0.05, 0.1) is 18.2 Å². The van der Waals surface area contributed by atoms with Crippen molar-refractivity contribution >= 4 is 11.7 Å². The van der Waals surface area contributed by atoms with Gasteiger partial charge in [0.2, 0.25) is 0 Å². The Labute approximate surface area is 96.1 Å². The second kappa shape index (κ2) is 5.95. The summed E-state index contributed by atoms with van der Waals surface area (Å²) in [7, 11) is 0. The largest absolute Gasteiger partial charge is 0.463 e. The minimum absolute atomic E-state index is 0.138. The molecule has 16 heavy (non-hydrogen) atoms. The van der Waals surface area contributed by atoms with Crippen LogP contribution in [0.5, 0.6) is 0 Å². The van der Waals surface area contributed by atoms with Crippen molar-refractivity contribution in [1.82, 2.24) is 0 Å². The molecule has 0 spiro atoms. The monoisotopic (exact) mass is 219 g/mol. The number of rotatable bonds is 5. The normalized spacial score (nSPS) is 11.6. The molecule has 0 aliphatic heterocycles. The van der Waals surface area contributed by atoms with Gasteiger partial charge in [-0.3, -0.25) is 0 Å². The number of anilines is 1.